The fourth-order valence-electron chi connectivity index (χ4n) is 1.42. The van der Waals surface area contributed by atoms with E-state index in [1.54, 1.807) is 18.2 Å². The highest BCUT2D eigenvalue weighted by Crippen LogP contribution is 2.30. The lowest BCUT2D eigenvalue weighted by Gasteiger charge is -2.13. The van der Waals surface area contributed by atoms with Crippen LogP contribution in [0.3, 0.4) is 0 Å². The van der Waals surface area contributed by atoms with Gasteiger partial charge in [-0.2, -0.15) is 0 Å². The molecule has 0 fully saturated rings. The molecule has 0 aliphatic carbocycles. The Morgan fingerprint density at radius 2 is 2.00 bits per heavy atom. The predicted octanol–water partition coefficient (Wildman–Crippen LogP) is 1.69. The molecule has 0 amide bonds. The van der Waals surface area contributed by atoms with Gasteiger partial charge in [0.15, 0.2) is 11.5 Å². The standard InChI is InChI=1S/C12H17NO4.ClH/c1-4-17-9-6-5-8(7-10(9)15-2)11(13)12(14)16-3;/h5-7,11H,4,13H2,1-3H3;1H/t11-;/m0./s1. The first-order valence-corrected chi connectivity index (χ1v) is 5.28. The number of rotatable bonds is 5. The van der Waals surface area contributed by atoms with Crippen molar-refractivity contribution in [1.29, 1.82) is 0 Å². The SMILES string of the molecule is CCOc1ccc([C@H](N)C(=O)OC)cc1OC.Cl. The normalized spacial score (nSPS) is 11.1. The summed E-state index contributed by atoms with van der Waals surface area (Å²) in [6, 6.07) is 4.30. The van der Waals surface area contributed by atoms with E-state index in [4.69, 9.17) is 15.2 Å². The third-order valence-corrected chi connectivity index (χ3v) is 2.30. The third-order valence-electron chi connectivity index (χ3n) is 2.30. The van der Waals surface area contributed by atoms with Crippen molar-refractivity contribution >= 4 is 18.4 Å². The van der Waals surface area contributed by atoms with Gasteiger partial charge in [-0.15, -0.1) is 12.4 Å². The summed E-state index contributed by atoms with van der Waals surface area (Å²) >= 11 is 0. The molecule has 1 rings (SSSR count). The molecule has 0 unspecified atom stereocenters. The van der Waals surface area contributed by atoms with E-state index in [9.17, 15) is 4.79 Å². The second-order valence-corrected chi connectivity index (χ2v) is 3.34. The average molecular weight is 276 g/mol. The van der Waals surface area contributed by atoms with Crippen molar-refractivity contribution in [2.45, 2.75) is 13.0 Å². The van der Waals surface area contributed by atoms with Crippen molar-refractivity contribution in [2.24, 2.45) is 5.73 Å². The zero-order valence-corrected chi connectivity index (χ0v) is 11.5. The molecule has 0 bridgehead atoms. The Morgan fingerprint density at radius 1 is 1.33 bits per heavy atom. The van der Waals surface area contributed by atoms with Crippen LogP contribution in [0.15, 0.2) is 18.2 Å². The number of hydrogen-bond donors (Lipinski definition) is 1. The van der Waals surface area contributed by atoms with Crippen LogP contribution in [-0.4, -0.2) is 26.8 Å². The minimum atomic E-state index is -0.815. The summed E-state index contributed by atoms with van der Waals surface area (Å²) < 4.78 is 15.1. The van der Waals surface area contributed by atoms with Gasteiger partial charge in [-0.25, -0.2) is 0 Å². The van der Waals surface area contributed by atoms with Gasteiger partial charge in [0.2, 0.25) is 0 Å². The lowest BCUT2D eigenvalue weighted by molar-refractivity contribution is -0.142. The Kier molecular flexibility index (Phi) is 7.16. The molecule has 6 heteroatoms. The summed E-state index contributed by atoms with van der Waals surface area (Å²) in [5.41, 5.74) is 6.35. The Bertz CT molecular complexity index is 398. The van der Waals surface area contributed by atoms with E-state index in [1.807, 2.05) is 6.92 Å². The van der Waals surface area contributed by atoms with E-state index in [0.29, 0.717) is 23.7 Å². The van der Waals surface area contributed by atoms with Gasteiger partial charge < -0.3 is 19.9 Å². The first-order valence-electron chi connectivity index (χ1n) is 5.28. The largest absolute Gasteiger partial charge is 0.493 e. The topological polar surface area (TPSA) is 70.8 Å². The molecular weight excluding hydrogens is 258 g/mol. The van der Waals surface area contributed by atoms with Crippen LogP contribution < -0.4 is 15.2 Å². The van der Waals surface area contributed by atoms with Crippen LogP contribution in [0.2, 0.25) is 0 Å². The molecule has 0 saturated carbocycles. The summed E-state index contributed by atoms with van der Waals surface area (Å²) in [4.78, 5) is 11.3. The van der Waals surface area contributed by atoms with Crippen LogP contribution in [0.1, 0.15) is 18.5 Å². The number of ether oxygens (including phenoxy) is 3. The number of halogens is 1. The molecule has 0 radical (unpaired) electrons. The molecule has 2 N–H and O–H groups in total. The molecule has 0 spiro atoms. The molecular formula is C12H18ClNO4. The van der Waals surface area contributed by atoms with Crippen LogP contribution in [0.25, 0.3) is 0 Å². The smallest absolute Gasteiger partial charge is 0.327 e. The summed E-state index contributed by atoms with van der Waals surface area (Å²) in [7, 11) is 2.83. The first kappa shape index (κ1) is 16.5. The van der Waals surface area contributed by atoms with Crippen molar-refractivity contribution in [2.75, 3.05) is 20.8 Å². The maximum atomic E-state index is 11.3. The molecule has 0 saturated heterocycles. The lowest BCUT2D eigenvalue weighted by atomic mass is 10.1. The summed E-state index contributed by atoms with van der Waals surface area (Å²) in [6.45, 7) is 2.42. The number of nitrogens with two attached hydrogens (primary N) is 1. The van der Waals surface area contributed by atoms with Gasteiger partial charge in [-0.3, -0.25) is 4.79 Å². The molecule has 0 heterocycles. The summed E-state index contributed by atoms with van der Waals surface area (Å²) in [5.74, 6) is 0.677. The Balaban J connectivity index is 0.00000289. The monoisotopic (exact) mass is 275 g/mol. The van der Waals surface area contributed by atoms with Crippen molar-refractivity contribution in [3.8, 4) is 11.5 Å². The quantitative estimate of drug-likeness (QED) is 0.828. The Labute approximate surface area is 113 Å². The number of methoxy groups -OCH3 is 2. The van der Waals surface area contributed by atoms with E-state index in [0.717, 1.165) is 0 Å². The van der Waals surface area contributed by atoms with E-state index in [-0.39, 0.29) is 12.4 Å². The molecule has 18 heavy (non-hydrogen) atoms. The summed E-state index contributed by atoms with van der Waals surface area (Å²) in [6.07, 6.45) is 0. The second kappa shape index (κ2) is 7.79. The molecule has 0 aliphatic rings. The van der Waals surface area contributed by atoms with E-state index >= 15 is 0 Å². The fourth-order valence-corrected chi connectivity index (χ4v) is 1.42. The molecule has 1 aromatic rings. The Morgan fingerprint density at radius 3 is 2.50 bits per heavy atom. The molecule has 0 aromatic heterocycles. The fraction of sp³-hybridized carbons (Fsp3) is 0.417. The molecule has 1 aromatic carbocycles. The van der Waals surface area contributed by atoms with E-state index in [2.05, 4.69) is 4.74 Å². The zero-order chi connectivity index (χ0) is 12.8. The number of hydrogen-bond acceptors (Lipinski definition) is 5. The first-order chi connectivity index (χ1) is 8.13. The number of carbonyl (C=O) groups excluding carboxylic acids is 1. The number of esters is 1. The predicted molar refractivity (Wildman–Crippen MR) is 70.4 cm³/mol. The van der Waals surface area contributed by atoms with Crippen molar-refractivity contribution in [1.82, 2.24) is 0 Å². The highest BCUT2D eigenvalue weighted by Gasteiger charge is 2.18. The number of carbonyl (C=O) groups is 1. The van der Waals surface area contributed by atoms with E-state index in [1.165, 1.54) is 14.2 Å². The van der Waals surface area contributed by atoms with Gasteiger partial charge in [0.1, 0.15) is 6.04 Å². The molecule has 102 valence electrons. The zero-order valence-electron chi connectivity index (χ0n) is 10.6. The number of benzene rings is 1. The van der Waals surface area contributed by atoms with Crippen LogP contribution in [-0.2, 0) is 9.53 Å². The van der Waals surface area contributed by atoms with Gasteiger partial charge in [0, 0.05) is 0 Å². The van der Waals surface area contributed by atoms with Gasteiger partial charge in [-0.05, 0) is 24.6 Å². The Hall–Kier alpha value is -1.46. The van der Waals surface area contributed by atoms with Crippen molar-refractivity contribution in [3.05, 3.63) is 23.8 Å². The summed E-state index contributed by atoms with van der Waals surface area (Å²) in [5, 5.41) is 0. The molecule has 5 nitrogen and oxygen atoms in total. The van der Waals surface area contributed by atoms with Crippen LogP contribution in [0.4, 0.5) is 0 Å². The molecule has 1 atom stereocenters. The van der Waals surface area contributed by atoms with Gasteiger partial charge in [0.25, 0.3) is 0 Å². The lowest BCUT2D eigenvalue weighted by Crippen LogP contribution is -2.22. The molecule has 0 aliphatic heterocycles. The van der Waals surface area contributed by atoms with Crippen LogP contribution in [0, 0.1) is 0 Å². The minimum Gasteiger partial charge on any atom is -0.493 e. The highest BCUT2D eigenvalue weighted by atomic mass is 35.5. The minimum absolute atomic E-state index is 0. The maximum Gasteiger partial charge on any atom is 0.327 e. The average Bonchev–Trinajstić information content (AvgIpc) is 2.37. The second-order valence-electron chi connectivity index (χ2n) is 3.34. The van der Waals surface area contributed by atoms with E-state index < -0.39 is 12.0 Å². The van der Waals surface area contributed by atoms with Crippen LogP contribution >= 0.6 is 12.4 Å². The van der Waals surface area contributed by atoms with Crippen molar-refractivity contribution < 1.29 is 19.0 Å². The van der Waals surface area contributed by atoms with Gasteiger partial charge >= 0.3 is 5.97 Å². The third kappa shape index (κ3) is 3.78. The van der Waals surface area contributed by atoms with Crippen molar-refractivity contribution in [3.63, 3.8) is 0 Å². The van der Waals surface area contributed by atoms with Crippen LogP contribution in [0.5, 0.6) is 11.5 Å². The highest BCUT2D eigenvalue weighted by molar-refractivity contribution is 5.85. The maximum absolute atomic E-state index is 11.3. The van der Waals surface area contributed by atoms with Gasteiger partial charge in [0.05, 0.1) is 20.8 Å². The van der Waals surface area contributed by atoms with Gasteiger partial charge in [-0.1, -0.05) is 6.07 Å².